The van der Waals surface area contributed by atoms with Crippen molar-refractivity contribution in [1.82, 2.24) is 0 Å². The second-order valence-corrected chi connectivity index (χ2v) is 10.7. The molecule has 1 aliphatic rings. The molecule has 3 rings (SSSR count). The number of esters is 1. The molecule has 1 saturated carbocycles. The fourth-order valence-electron chi connectivity index (χ4n) is 3.64. The van der Waals surface area contributed by atoms with Gasteiger partial charge in [-0.3, -0.25) is 4.79 Å². The number of carbonyl (C=O) groups excluding carboxylic acids is 1. The molecule has 0 N–H and O–H groups in total. The Kier molecular flexibility index (Phi) is 6.68. The first-order valence-corrected chi connectivity index (χ1v) is 10.8. The molecule has 0 aliphatic heterocycles. The number of hydrogen-bond donors (Lipinski definition) is 0. The van der Waals surface area contributed by atoms with Crippen molar-refractivity contribution in [1.29, 1.82) is 0 Å². The molecule has 0 heterocycles. The van der Waals surface area contributed by atoms with E-state index in [2.05, 4.69) is 31.9 Å². The van der Waals surface area contributed by atoms with Crippen LogP contribution in [-0.4, -0.2) is 5.97 Å². The highest BCUT2D eigenvalue weighted by Gasteiger charge is 2.61. The number of allylic oxidation sites excluding steroid dienone is 1. The van der Waals surface area contributed by atoms with E-state index < -0.39 is 6.67 Å². The first-order chi connectivity index (χ1) is 13.3. The highest BCUT2D eigenvalue weighted by Crippen LogP contribution is 2.60. The van der Waals surface area contributed by atoms with E-state index >= 15 is 0 Å². The lowest BCUT2D eigenvalue weighted by Crippen LogP contribution is -2.11. The molecule has 2 nitrogen and oxygen atoms in total. The van der Waals surface area contributed by atoms with E-state index in [1.807, 2.05) is 44.2 Å². The average molecular weight is 531 g/mol. The summed E-state index contributed by atoms with van der Waals surface area (Å²) in [4.78, 5) is 12.6. The molecule has 1 fully saturated rings. The molecule has 6 heteroatoms. The lowest BCUT2D eigenvalue weighted by Gasteiger charge is -2.13. The molecule has 0 spiro atoms. The summed E-state index contributed by atoms with van der Waals surface area (Å²) in [5, 5.41) is 0.626. The Morgan fingerprint density at radius 2 is 1.89 bits per heavy atom. The largest absolute Gasteiger partial charge is 0.461 e. The van der Waals surface area contributed by atoms with E-state index in [1.165, 1.54) is 0 Å². The van der Waals surface area contributed by atoms with Crippen molar-refractivity contribution in [2.24, 2.45) is 17.3 Å². The summed E-state index contributed by atoms with van der Waals surface area (Å²) in [5.41, 5.74) is 2.71. The Balaban J connectivity index is 1.76. The normalized spacial score (nSPS) is 19.8. The molecule has 0 amide bonds. The number of alkyl halides is 1. The van der Waals surface area contributed by atoms with E-state index in [1.54, 1.807) is 18.2 Å². The van der Waals surface area contributed by atoms with Crippen molar-refractivity contribution < 1.29 is 13.9 Å². The highest BCUT2D eigenvalue weighted by molar-refractivity contribution is 9.28. The number of ether oxygens (including phenoxy) is 1. The van der Waals surface area contributed by atoms with Gasteiger partial charge >= 0.3 is 5.97 Å². The van der Waals surface area contributed by atoms with Crippen LogP contribution in [0.1, 0.15) is 25.0 Å². The topological polar surface area (TPSA) is 26.3 Å². The molecular formula is C22H20Br2ClFO2. The summed E-state index contributed by atoms with van der Waals surface area (Å²) in [7, 11) is 0. The zero-order chi connectivity index (χ0) is 20.5. The van der Waals surface area contributed by atoms with Gasteiger partial charge in [-0.05, 0) is 77.6 Å². The van der Waals surface area contributed by atoms with Gasteiger partial charge in [0.05, 0.1) is 9.31 Å². The van der Waals surface area contributed by atoms with Gasteiger partial charge in [-0.25, -0.2) is 4.39 Å². The molecular weight excluding hydrogens is 510 g/mol. The van der Waals surface area contributed by atoms with E-state index in [0.29, 0.717) is 16.1 Å². The molecule has 0 bridgehead atoms. The Morgan fingerprint density at radius 3 is 2.50 bits per heavy atom. The standard InChI is InChI=1S/C22H20Br2ClFO2/c1-22(2)18(10-19(23)24)20(22)21(27)28-12-14-4-3-5-16(17(14)11-26)13-6-8-15(25)9-7-13/h3-10,18,20H,11-12H2,1-2H3/t18-,20-/m0/s1. The Labute approximate surface area is 186 Å². The van der Waals surface area contributed by atoms with Gasteiger partial charge in [0.2, 0.25) is 0 Å². The minimum Gasteiger partial charge on any atom is -0.461 e. The number of hydrogen-bond acceptors (Lipinski definition) is 2. The van der Waals surface area contributed by atoms with Crippen LogP contribution in [0.2, 0.25) is 5.02 Å². The third kappa shape index (κ3) is 4.52. The van der Waals surface area contributed by atoms with Crippen LogP contribution >= 0.6 is 43.5 Å². The van der Waals surface area contributed by atoms with Gasteiger partial charge in [0, 0.05) is 5.02 Å². The second kappa shape index (κ2) is 8.68. The summed E-state index contributed by atoms with van der Waals surface area (Å²) in [6.45, 7) is 3.49. The van der Waals surface area contributed by atoms with Gasteiger partial charge in [0.25, 0.3) is 0 Å². The van der Waals surface area contributed by atoms with E-state index in [9.17, 15) is 9.18 Å². The van der Waals surface area contributed by atoms with Gasteiger partial charge in [-0.15, -0.1) is 0 Å². The maximum Gasteiger partial charge on any atom is 0.310 e. The summed E-state index contributed by atoms with van der Waals surface area (Å²) >= 11 is 12.6. The minimum atomic E-state index is -0.636. The number of carbonyl (C=O) groups is 1. The zero-order valence-electron chi connectivity index (χ0n) is 15.5. The van der Waals surface area contributed by atoms with Crippen LogP contribution in [0.5, 0.6) is 0 Å². The van der Waals surface area contributed by atoms with Gasteiger partial charge in [0.15, 0.2) is 0 Å². The third-order valence-corrected chi connectivity index (χ3v) is 6.18. The highest BCUT2D eigenvalue weighted by atomic mass is 79.9. The van der Waals surface area contributed by atoms with E-state index in [4.69, 9.17) is 16.3 Å². The van der Waals surface area contributed by atoms with Crippen LogP contribution in [0.15, 0.2) is 51.9 Å². The first kappa shape index (κ1) is 21.5. The van der Waals surface area contributed by atoms with Crippen molar-refractivity contribution in [3.8, 4) is 11.1 Å². The SMILES string of the molecule is CC1(C)[C@H](C(=O)OCc2cccc(-c3ccc(Cl)cc3)c2CF)[C@@H]1C=C(Br)Br. The molecule has 2 aromatic rings. The van der Waals surface area contributed by atoms with Crippen molar-refractivity contribution in [2.45, 2.75) is 27.1 Å². The maximum absolute atomic E-state index is 13.9. The average Bonchev–Trinajstić information content (AvgIpc) is 3.19. The van der Waals surface area contributed by atoms with Crippen LogP contribution in [0.4, 0.5) is 4.39 Å². The molecule has 0 aromatic heterocycles. The van der Waals surface area contributed by atoms with Gasteiger partial charge < -0.3 is 4.74 Å². The predicted octanol–water partition coefficient (Wildman–Crippen LogP) is 7.42. The van der Waals surface area contributed by atoms with Crippen molar-refractivity contribution in [2.75, 3.05) is 0 Å². The smallest absolute Gasteiger partial charge is 0.310 e. The lowest BCUT2D eigenvalue weighted by atomic mass is 9.96. The summed E-state index contributed by atoms with van der Waals surface area (Å²) < 4.78 is 20.2. The Hall–Kier alpha value is -1.17. The van der Waals surface area contributed by atoms with E-state index in [-0.39, 0.29) is 29.8 Å². The quantitative estimate of drug-likeness (QED) is 0.363. The summed E-state index contributed by atoms with van der Waals surface area (Å²) in [6, 6.07) is 12.8. The van der Waals surface area contributed by atoms with Gasteiger partial charge in [-0.1, -0.05) is 61.9 Å². The molecule has 1 aliphatic carbocycles. The minimum absolute atomic E-state index is 0.0536. The molecule has 28 heavy (non-hydrogen) atoms. The molecule has 2 atom stereocenters. The number of halogens is 4. The Morgan fingerprint density at radius 1 is 1.21 bits per heavy atom. The predicted molar refractivity (Wildman–Crippen MR) is 118 cm³/mol. The fourth-order valence-corrected chi connectivity index (χ4v) is 4.34. The molecule has 148 valence electrons. The first-order valence-electron chi connectivity index (χ1n) is 8.87. The third-order valence-electron chi connectivity index (χ3n) is 5.40. The summed E-state index contributed by atoms with van der Waals surface area (Å²) in [6.07, 6.45) is 1.97. The fraction of sp³-hybridized carbons (Fsp3) is 0.318. The molecule has 2 aromatic carbocycles. The van der Waals surface area contributed by atoms with Crippen LogP contribution < -0.4 is 0 Å². The van der Waals surface area contributed by atoms with Crippen molar-refractivity contribution >= 4 is 49.4 Å². The van der Waals surface area contributed by atoms with Crippen LogP contribution in [-0.2, 0) is 22.8 Å². The van der Waals surface area contributed by atoms with Gasteiger partial charge in [0.1, 0.15) is 13.3 Å². The van der Waals surface area contributed by atoms with Crippen molar-refractivity contribution in [3.05, 3.63) is 68.1 Å². The molecule has 0 radical (unpaired) electrons. The second-order valence-electron chi connectivity index (χ2n) is 7.47. The lowest BCUT2D eigenvalue weighted by molar-refractivity contribution is -0.147. The Bertz CT molecular complexity index is 905. The van der Waals surface area contributed by atoms with Crippen LogP contribution in [0.3, 0.4) is 0 Å². The zero-order valence-corrected chi connectivity index (χ0v) is 19.4. The van der Waals surface area contributed by atoms with Crippen LogP contribution in [0.25, 0.3) is 11.1 Å². The molecule has 0 saturated heterocycles. The number of benzene rings is 2. The van der Waals surface area contributed by atoms with Crippen molar-refractivity contribution in [3.63, 3.8) is 0 Å². The maximum atomic E-state index is 13.9. The van der Waals surface area contributed by atoms with Crippen LogP contribution in [0, 0.1) is 17.3 Å². The number of rotatable bonds is 6. The molecule has 0 unspecified atom stereocenters. The monoisotopic (exact) mass is 528 g/mol. The summed E-state index contributed by atoms with van der Waals surface area (Å²) in [5.74, 6) is -0.352. The van der Waals surface area contributed by atoms with Gasteiger partial charge in [-0.2, -0.15) is 0 Å². The van der Waals surface area contributed by atoms with E-state index in [0.717, 1.165) is 14.5 Å².